The van der Waals surface area contributed by atoms with E-state index in [1.54, 1.807) is 19.1 Å². The summed E-state index contributed by atoms with van der Waals surface area (Å²) in [5.74, 6) is -0.245. The van der Waals surface area contributed by atoms with Gasteiger partial charge in [-0.3, -0.25) is 9.59 Å². The standard InChI is InChI=1S/C10H13N3O2S/c1-6-3-4-7(9(11)16)10(15)13(6)5-8(14)12-2/h3-4H,5H2,1-2H3,(H2,11,16)(H,12,14). The van der Waals surface area contributed by atoms with Crippen LogP contribution < -0.4 is 16.6 Å². The molecule has 86 valence electrons. The third-order valence-electron chi connectivity index (χ3n) is 2.24. The van der Waals surface area contributed by atoms with Gasteiger partial charge in [-0.25, -0.2) is 0 Å². The Hall–Kier alpha value is -1.69. The molecular formula is C10H13N3O2S. The highest BCUT2D eigenvalue weighted by Crippen LogP contribution is 1.98. The highest BCUT2D eigenvalue weighted by Gasteiger charge is 2.10. The van der Waals surface area contributed by atoms with Gasteiger partial charge in [0, 0.05) is 12.7 Å². The third kappa shape index (κ3) is 2.46. The zero-order chi connectivity index (χ0) is 12.3. The predicted molar refractivity (Wildman–Crippen MR) is 65.4 cm³/mol. The van der Waals surface area contributed by atoms with Crippen LogP contribution in [0.5, 0.6) is 0 Å². The molecule has 1 rings (SSSR count). The van der Waals surface area contributed by atoms with Crippen molar-refractivity contribution in [1.29, 1.82) is 0 Å². The Balaban J connectivity index is 3.27. The molecule has 6 heteroatoms. The average molecular weight is 239 g/mol. The van der Waals surface area contributed by atoms with Crippen molar-refractivity contribution in [2.24, 2.45) is 5.73 Å². The molecule has 0 saturated carbocycles. The van der Waals surface area contributed by atoms with Crippen molar-refractivity contribution in [2.45, 2.75) is 13.5 Å². The monoisotopic (exact) mass is 239 g/mol. The molecule has 1 aromatic heterocycles. The van der Waals surface area contributed by atoms with E-state index in [2.05, 4.69) is 5.32 Å². The normalized spacial score (nSPS) is 9.88. The fourth-order valence-corrected chi connectivity index (χ4v) is 1.43. The van der Waals surface area contributed by atoms with Crippen LogP contribution in [0.15, 0.2) is 16.9 Å². The van der Waals surface area contributed by atoms with Crippen LogP contribution in [0.4, 0.5) is 0 Å². The maximum Gasteiger partial charge on any atom is 0.261 e. The highest BCUT2D eigenvalue weighted by atomic mass is 32.1. The summed E-state index contributed by atoms with van der Waals surface area (Å²) in [5, 5.41) is 2.45. The molecular weight excluding hydrogens is 226 g/mol. The molecule has 5 nitrogen and oxygen atoms in total. The van der Waals surface area contributed by atoms with Gasteiger partial charge in [-0.15, -0.1) is 0 Å². The summed E-state index contributed by atoms with van der Waals surface area (Å²) in [7, 11) is 1.51. The Bertz CT molecular complexity index is 493. The maximum atomic E-state index is 11.9. The number of nitrogens with two attached hydrogens (primary N) is 1. The number of rotatable bonds is 3. The lowest BCUT2D eigenvalue weighted by Crippen LogP contribution is -2.35. The number of nitrogens with one attached hydrogen (secondary N) is 1. The van der Waals surface area contributed by atoms with Gasteiger partial charge < -0.3 is 15.6 Å². The van der Waals surface area contributed by atoms with Gasteiger partial charge >= 0.3 is 0 Å². The number of pyridine rings is 1. The second kappa shape index (κ2) is 4.89. The lowest BCUT2D eigenvalue weighted by atomic mass is 10.2. The fourth-order valence-electron chi connectivity index (χ4n) is 1.28. The molecule has 0 spiro atoms. The molecule has 1 heterocycles. The third-order valence-corrected chi connectivity index (χ3v) is 2.46. The van der Waals surface area contributed by atoms with Crippen molar-refractivity contribution in [1.82, 2.24) is 9.88 Å². The fraction of sp³-hybridized carbons (Fsp3) is 0.300. The number of thiocarbonyl (C=S) groups is 1. The molecule has 0 aliphatic carbocycles. The van der Waals surface area contributed by atoms with Gasteiger partial charge in [-0.2, -0.15) is 0 Å². The highest BCUT2D eigenvalue weighted by molar-refractivity contribution is 7.80. The van der Waals surface area contributed by atoms with Crippen molar-refractivity contribution in [2.75, 3.05) is 7.05 Å². The first-order valence-corrected chi connectivity index (χ1v) is 5.09. The van der Waals surface area contributed by atoms with E-state index in [9.17, 15) is 9.59 Å². The number of hydrogen-bond donors (Lipinski definition) is 2. The second-order valence-corrected chi connectivity index (χ2v) is 3.76. The Morgan fingerprint density at radius 3 is 2.69 bits per heavy atom. The van der Waals surface area contributed by atoms with Gasteiger partial charge in [-0.05, 0) is 19.1 Å². The van der Waals surface area contributed by atoms with Gasteiger partial charge in [0.05, 0.1) is 5.56 Å². The summed E-state index contributed by atoms with van der Waals surface area (Å²) in [5.41, 5.74) is 6.02. The van der Waals surface area contributed by atoms with Crippen molar-refractivity contribution >= 4 is 23.1 Å². The minimum atomic E-state index is -0.337. The average Bonchev–Trinajstić information content (AvgIpc) is 2.23. The largest absolute Gasteiger partial charge is 0.389 e. The summed E-state index contributed by atoms with van der Waals surface area (Å²) in [6.45, 7) is 1.71. The summed E-state index contributed by atoms with van der Waals surface area (Å²) in [6.07, 6.45) is 0. The van der Waals surface area contributed by atoms with Crippen LogP contribution in [0.2, 0.25) is 0 Å². The Labute approximate surface area is 98.3 Å². The molecule has 16 heavy (non-hydrogen) atoms. The number of nitrogens with zero attached hydrogens (tertiary/aromatic N) is 1. The van der Waals surface area contributed by atoms with Gasteiger partial charge in [0.2, 0.25) is 5.91 Å². The van der Waals surface area contributed by atoms with Crippen LogP contribution in [0, 0.1) is 6.92 Å². The van der Waals surface area contributed by atoms with Gasteiger partial charge in [0.1, 0.15) is 11.5 Å². The molecule has 0 fully saturated rings. The molecule has 1 amide bonds. The zero-order valence-electron chi connectivity index (χ0n) is 9.11. The van der Waals surface area contributed by atoms with Crippen molar-refractivity contribution < 1.29 is 4.79 Å². The first kappa shape index (κ1) is 12.4. The Kier molecular flexibility index (Phi) is 3.78. The van der Waals surface area contributed by atoms with Crippen molar-refractivity contribution in [3.8, 4) is 0 Å². The van der Waals surface area contributed by atoms with Crippen LogP contribution in [0.25, 0.3) is 0 Å². The SMILES string of the molecule is CNC(=O)Cn1c(C)ccc(C(N)=S)c1=O. The maximum absolute atomic E-state index is 11.9. The lowest BCUT2D eigenvalue weighted by Gasteiger charge is -2.10. The number of likely N-dealkylation sites (N-methyl/N-ethyl adjacent to an activating group) is 1. The van der Waals surface area contributed by atoms with Crippen molar-refractivity contribution in [3.05, 3.63) is 33.7 Å². The van der Waals surface area contributed by atoms with Crippen LogP contribution >= 0.6 is 12.2 Å². The lowest BCUT2D eigenvalue weighted by molar-refractivity contribution is -0.121. The first-order chi connectivity index (χ1) is 7.47. The van der Waals surface area contributed by atoms with Crippen LogP contribution in [-0.4, -0.2) is 22.5 Å². The van der Waals surface area contributed by atoms with E-state index in [0.29, 0.717) is 5.69 Å². The number of carbonyl (C=O) groups excluding carboxylic acids is 1. The van der Waals surface area contributed by atoms with Crippen LogP contribution in [0.1, 0.15) is 11.3 Å². The van der Waals surface area contributed by atoms with E-state index < -0.39 is 0 Å². The predicted octanol–water partition coefficient (Wildman–Crippen LogP) is -0.463. The van der Waals surface area contributed by atoms with Gasteiger partial charge in [0.25, 0.3) is 5.56 Å². The number of aromatic nitrogens is 1. The zero-order valence-corrected chi connectivity index (χ0v) is 9.93. The van der Waals surface area contributed by atoms with Crippen molar-refractivity contribution in [3.63, 3.8) is 0 Å². The summed E-state index contributed by atoms with van der Waals surface area (Å²) in [4.78, 5) is 23.2. The molecule has 0 radical (unpaired) electrons. The molecule has 0 aliphatic heterocycles. The smallest absolute Gasteiger partial charge is 0.261 e. The molecule has 0 aromatic carbocycles. The molecule has 3 N–H and O–H groups in total. The number of aryl methyl sites for hydroxylation is 1. The quantitative estimate of drug-likeness (QED) is 0.700. The van der Waals surface area contributed by atoms with Gasteiger partial charge in [-0.1, -0.05) is 12.2 Å². The summed E-state index contributed by atoms with van der Waals surface area (Å²) < 4.78 is 1.34. The molecule has 0 unspecified atom stereocenters. The second-order valence-electron chi connectivity index (χ2n) is 3.32. The van der Waals surface area contributed by atoms with Crippen LogP contribution in [-0.2, 0) is 11.3 Å². The first-order valence-electron chi connectivity index (χ1n) is 4.68. The minimum absolute atomic E-state index is 0.0301. The minimum Gasteiger partial charge on any atom is -0.389 e. The molecule has 0 bridgehead atoms. The van der Waals surface area contributed by atoms with E-state index in [0.717, 1.165) is 0 Å². The summed E-state index contributed by atoms with van der Waals surface area (Å²) in [6, 6.07) is 3.28. The topological polar surface area (TPSA) is 77.1 Å². The summed E-state index contributed by atoms with van der Waals surface area (Å²) >= 11 is 4.76. The van der Waals surface area contributed by atoms with E-state index in [1.807, 2.05) is 0 Å². The van der Waals surface area contributed by atoms with E-state index >= 15 is 0 Å². The van der Waals surface area contributed by atoms with E-state index in [-0.39, 0.29) is 28.6 Å². The Morgan fingerprint density at radius 2 is 2.19 bits per heavy atom. The Morgan fingerprint density at radius 1 is 1.56 bits per heavy atom. The van der Waals surface area contributed by atoms with Crippen LogP contribution in [0.3, 0.4) is 0 Å². The van der Waals surface area contributed by atoms with E-state index in [4.69, 9.17) is 18.0 Å². The molecule has 0 aliphatic rings. The molecule has 0 atom stereocenters. The number of amides is 1. The van der Waals surface area contributed by atoms with E-state index in [1.165, 1.54) is 11.6 Å². The molecule has 1 aromatic rings. The molecule has 0 saturated heterocycles. The number of hydrogen-bond acceptors (Lipinski definition) is 3. The van der Waals surface area contributed by atoms with Gasteiger partial charge in [0.15, 0.2) is 0 Å². The number of carbonyl (C=O) groups is 1.